The highest BCUT2D eigenvalue weighted by molar-refractivity contribution is 5.77. The van der Waals surface area contributed by atoms with E-state index in [2.05, 4.69) is 10.3 Å². The number of ether oxygens (including phenoxy) is 1. The maximum Gasteiger partial charge on any atom is 0.246 e. The average molecular weight is 266 g/mol. The van der Waals surface area contributed by atoms with Gasteiger partial charge in [0.25, 0.3) is 0 Å². The molecule has 0 unspecified atom stereocenters. The highest BCUT2D eigenvalue weighted by atomic mass is 16.7. The first-order valence-corrected chi connectivity index (χ1v) is 5.88. The van der Waals surface area contributed by atoms with Gasteiger partial charge in [0.15, 0.2) is 6.61 Å². The molecule has 0 heterocycles. The summed E-state index contributed by atoms with van der Waals surface area (Å²) in [4.78, 5) is 26.2. The molecule has 0 aliphatic rings. The van der Waals surface area contributed by atoms with E-state index >= 15 is 0 Å². The third kappa shape index (κ3) is 5.87. The zero-order valence-electron chi connectivity index (χ0n) is 11.1. The van der Waals surface area contributed by atoms with Gasteiger partial charge in [-0.15, -0.1) is 0 Å². The van der Waals surface area contributed by atoms with Crippen LogP contribution in [0.3, 0.4) is 0 Å². The first kappa shape index (κ1) is 15.0. The van der Waals surface area contributed by atoms with Crippen molar-refractivity contribution in [1.29, 1.82) is 0 Å². The van der Waals surface area contributed by atoms with E-state index in [-0.39, 0.29) is 25.5 Å². The van der Waals surface area contributed by atoms with E-state index in [0.717, 1.165) is 16.9 Å². The lowest BCUT2D eigenvalue weighted by Crippen LogP contribution is -2.30. The van der Waals surface area contributed by atoms with Crippen molar-refractivity contribution in [3.8, 4) is 5.75 Å². The molecule has 0 spiro atoms. The zero-order valence-corrected chi connectivity index (χ0v) is 11.1. The van der Waals surface area contributed by atoms with E-state index in [1.54, 1.807) is 0 Å². The van der Waals surface area contributed by atoms with Gasteiger partial charge < -0.3 is 10.5 Å². The Kier molecular flexibility index (Phi) is 5.81. The van der Waals surface area contributed by atoms with E-state index in [9.17, 15) is 9.59 Å². The second-order valence-electron chi connectivity index (χ2n) is 4.15. The smallest absolute Gasteiger partial charge is 0.246 e. The van der Waals surface area contributed by atoms with Crippen molar-refractivity contribution in [2.24, 2.45) is 5.73 Å². The van der Waals surface area contributed by atoms with Crippen LogP contribution in [-0.2, 0) is 14.4 Å². The Morgan fingerprint density at radius 3 is 2.68 bits per heavy atom. The molecular weight excluding hydrogens is 248 g/mol. The number of hydrogen-bond acceptors (Lipinski definition) is 4. The number of carbonyl (C=O) groups excluding carboxylic acids is 2. The lowest BCUT2D eigenvalue weighted by molar-refractivity contribution is -0.138. The summed E-state index contributed by atoms with van der Waals surface area (Å²) < 4.78 is 5.48. The number of benzene rings is 1. The monoisotopic (exact) mass is 266 g/mol. The molecule has 1 rings (SSSR count). The third-order valence-corrected chi connectivity index (χ3v) is 2.32. The van der Waals surface area contributed by atoms with Gasteiger partial charge >= 0.3 is 0 Å². The molecule has 0 bridgehead atoms. The maximum absolute atomic E-state index is 11.3. The van der Waals surface area contributed by atoms with Crippen molar-refractivity contribution in [2.45, 2.75) is 20.3 Å². The Hall–Kier alpha value is -2.08. The van der Waals surface area contributed by atoms with Gasteiger partial charge in [0, 0.05) is 0 Å². The number of hydroxylamine groups is 1. The third-order valence-electron chi connectivity index (χ3n) is 2.32. The van der Waals surface area contributed by atoms with Crippen LogP contribution in [0.5, 0.6) is 5.75 Å². The Morgan fingerprint density at radius 1 is 1.32 bits per heavy atom. The van der Waals surface area contributed by atoms with E-state index < -0.39 is 5.91 Å². The minimum atomic E-state index is -0.646. The van der Waals surface area contributed by atoms with Crippen LogP contribution in [-0.4, -0.2) is 25.0 Å². The summed E-state index contributed by atoms with van der Waals surface area (Å²) in [6.07, 6.45) is 0.131. The molecule has 0 saturated heterocycles. The van der Waals surface area contributed by atoms with Gasteiger partial charge in [-0.05, 0) is 25.5 Å². The largest absolute Gasteiger partial charge is 0.493 e. The number of rotatable bonds is 7. The van der Waals surface area contributed by atoms with Gasteiger partial charge in [0.05, 0.1) is 13.0 Å². The second-order valence-corrected chi connectivity index (χ2v) is 4.15. The predicted octanol–water partition coefficient (Wildman–Crippen LogP) is 0.605. The zero-order chi connectivity index (χ0) is 14.3. The lowest BCUT2D eigenvalue weighted by atomic mass is 10.1. The van der Waals surface area contributed by atoms with Gasteiger partial charge in [-0.1, -0.05) is 17.7 Å². The molecule has 1 aromatic carbocycles. The summed E-state index contributed by atoms with van der Waals surface area (Å²) in [7, 11) is 0. The van der Waals surface area contributed by atoms with Crippen molar-refractivity contribution in [3.05, 3.63) is 29.3 Å². The van der Waals surface area contributed by atoms with E-state index in [1.165, 1.54) is 0 Å². The van der Waals surface area contributed by atoms with Gasteiger partial charge in [0.1, 0.15) is 5.75 Å². The van der Waals surface area contributed by atoms with Crippen molar-refractivity contribution in [3.63, 3.8) is 0 Å². The summed E-state index contributed by atoms with van der Waals surface area (Å²) in [5.41, 5.74) is 9.12. The topological polar surface area (TPSA) is 90.7 Å². The molecular formula is C13H18N2O4. The fraction of sp³-hybridized carbons (Fsp3) is 0.385. The summed E-state index contributed by atoms with van der Waals surface area (Å²) >= 11 is 0. The van der Waals surface area contributed by atoms with Crippen LogP contribution >= 0.6 is 0 Å². The molecule has 19 heavy (non-hydrogen) atoms. The number of nitrogens with one attached hydrogen (secondary N) is 1. The summed E-state index contributed by atoms with van der Waals surface area (Å²) in [6.45, 7) is 3.83. The Labute approximate surface area is 111 Å². The van der Waals surface area contributed by atoms with Crippen LogP contribution in [0.2, 0.25) is 0 Å². The Morgan fingerprint density at radius 2 is 2.05 bits per heavy atom. The van der Waals surface area contributed by atoms with Crippen molar-refractivity contribution >= 4 is 11.8 Å². The fourth-order valence-electron chi connectivity index (χ4n) is 1.45. The van der Waals surface area contributed by atoms with Crippen LogP contribution in [0.15, 0.2) is 18.2 Å². The van der Waals surface area contributed by atoms with Crippen LogP contribution in [0.25, 0.3) is 0 Å². The molecule has 3 N–H and O–H groups in total. The van der Waals surface area contributed by atoms with Crippen molar-refractivity contribution in [2.75, 3.05) is 13.2 Å². The standard InChI is InChI=1S/C13H18N2O4/c1-9-3-4-11(10(2)7-9)18-6-5-13(17)15-19-8-12(14)16/h3-4,7H,5-6,8H2,1-2H3,(H2,14,16)(H,15,17). The number of nitrogens with two attached hydrogens (primary N) is 1. The fourth-order valence-corrected chi connectivity index (χ4v) is 1.45. The van der Waals surface area contributed by atoms with Crippen LogP contribution in [0.1, 0.15) is 17.5 Å². The van der Waals surface area contributed by atoms with E-state index in [4.69, 9.17) is 10.5 Å². The molecule has 0 aliphatic heterocycles. The highest BCUT2D eigenvalue weighted by Crippen LogP contribution is 2.18. The summed E-state index contributed by atoms with van der Waals surface area (Å²) in [5, 5.41) is 0. The normalized spacial score (nSPS) is 10.0. The average Bonchev–Trinajstić information content (AvgIpc) is 2.31. The molecule has 6 heteroatoms. The molecule has 104 valence electrons. The molecule has 0 atom stereocenters. The second kappa shape index (κ2) is 7.38. The summed E-state index contributed by atoms with van der Waals surface area (Å²) in [6, 6.07) is 5.82. The molecule has 0 radical (unpaired) electrons. The van der Waals surface area contributed by atoms with Crippen LogP contribution in [0.4, 0.5) is 0 Å². The molecule has 6 nitrogen and oxygen atoms in total. The Balaban J connectivity index is 2.26. The number of hydrogen-bond donors (Lipinski definition) is 2. The van der Waals surface area contributed by atoms with Crippen LogP contribution in [0, 0.1) is 13.8 Å². The maximum atomic E-state index is 11.3. The van der Waals surface area contributed by atoms with Crippen LogP contribution < -0.4 is 16.0 Å². The Bertz CT molecular complexity index is 460. The van der Waals surface area contributed by atoms with Gasteiger partial charge in [-0.25, -0.2) is 5.48 Å². The van der Waals surface area contributed by atoms with Gasteiger partial charge in [-0.3, -0.25) is 14.4 Å². The number of aryl methyl sites for hydroxylation is 2. The molecule has 2 amide bonds. The number of carbonyl (C=O) groups is 2. The lowest BCUT2D eigenvalue weighted by Gasteiger charge is -2.09. The van der Waals surface area contributed by atoms with Crippen molar-refractivity contribution < 1.29 is 19.2 Å². The van der Waals surface area contributed by atoms with E-state index in [1.807, 2.05) is 32.0 Å². The molecule has 0 aliphatic carbocycles. The minimum absolute atomic E-state index is 0.131. The minimum Gasteiger partial charge on any atom is -0.493 e. The van der Waals surface area contributed by atoms with Crippen molar-refractivity contribution in [1.82, 2.24) is 5.48 Å². The quantitative estimate of drug-likeness (QED) is 0.707. The molecule has 0 saturated carbocycles. The first-order valence-electron chi connectivity index (χ1n) is 5.88. The van der Waals surface area contributed by atoms with Gasteiger partial charge in [-0.2, -0.15) is 0 Å². The molecule has 0 fully saturated rings. The van der Waals surface area contributed by atoms with E-state index in [0.29, 0.717) is 0 Å². The molecule has 0 aromatic heterocycles. The highest BCUT2D eigenvalue weighted by Gasteiger charge is 2.04. The molecule has 1 aromatic rings. The first-order chi connectivity index (χ1) is 8.99. The predicted molar refractivity (Wildman–Crippen MR) is 69.3 cm³/mol. The number of primary amides is 1. The SMILES string of the molecule is Cc1ccc(OCCC(=O)NOCC(N)=O)c(C)c1. The summed E-state index contributed by atoms with van der Waals surface area (Å²) in [5.74, 6) is -0.269. The number of amides is 2. The van der Waals surface area contributed by atoms with Gasteiger partial charge in [0.2, 0.25) is 11.8 Å².